The van der Waals surface area contributed by atoms with Crippen molar-refractivity contribution in [3.05, 3.63) is 23.8 Å². The molecule has 0 bridgehead atoms. The Hall–Kier alpha value is -1.75. The lowest BCUT2D eigenvalue weighted by Gasteiger charge is -2.17. The van der Waals surface area contributed by atoms with Crippen LogP contribution in [0, 0.1) is 5.92 Å². The number of nitrogens with zero attached hydrogens (tertiary/aromatic N) is 1. The summed E-state index contributed by atoms with van der Waals surface area (Å²) in [5, 5.41) is 4.26. The largest absolute Gasteiger partial charge is 0.493 e. The van der Waals surface area contributed by atoms with Gasteiger partial charge in [-0.1, -0.05) is 5.16 Å². The highest BCUT2D eigenvalue weighted by Gasteiger charge is 2.40. The van der Waals surface area contributed by atoms with Crippen molar-refractivity contribution in [1.82, 2.24) is 0 Å². The zero-order chi connectivity index (χ0) is 14.9. The molecule has 2 aliphatic heterocycles. The van der Waals surface area contributed by atoms with Crippen LogP contribution >= 0.6 is 0 Å². The lowest BCUT2D eigenvalue weighted by molar-refractivity contribution is 0.0558. The molecular weight excluding hydrogens is 282 g/mol. The fourth-order valence-corrected chi connectivity index (χ4v) is 3.47. The Labute approximate surface area is 130 Å². The molecule has 4 rings (SSSR count). The van der Waals surface area contributed by atoms with E-state index in [1.54, 1.807) is 7.11 Å². The normalized spacial score (nSPS) is 27.4. The first-order valence-electron chi connectivity index (χ1n) is 8.01. The van der Waals surface area contributed by atoms with Gasteiger partial charge in [-0.3, -0.25) is 0 Å². The van der Waals surface area contributed by atoms with E-state index in [1.807, 2.05) is 18.2 Å². The van der Waals surface area contributed by atoms with E-state index in [0.29, 0.717) is 19.3 Å². The van der Waals surface area contributed by atoms with Gasteiger partial charge >= 0.3 is 0 Å². The van der Waals surface area contributed by atoms with Crippen LogP contribution in [0.5, 0.6) is 11.5 Å². The van der Waals surface area contributed by atoms with Crippen molar-refractivity contribution < 1.29 is 19.0 Å². The number of oxime groups is 1. The van der Waals surface area contributed by atoms with Crippen LogP contribution in [0.25, 0.3) is 0 Å². The van der Waals surface area contributed by atoms with E-state index in [4.69, 9.17) is 19.0 Å². The molecule has 2 heterocycles. The molecule has 2 unspecified atom stereocenters. The zero-order valence-electron chi connectivity index (χ0n) is 12.8. The molecule has 1 aromatic carbocycles. The highest BCUT2D eigenvalue weighted by atomic mass is 16.7. The molecule has 0 aromatic heterocycles. The van der Waals surface area contributed by atoms with Crippen molar-refractivity contribution in [2.45, 2.75) is 37.9 Å². The monoisotopic (exact) mass is 303 g/mol. The molecule has 22 heavy (non-hydrogen) atoms. The van der Waals surface area contributed by atoms with Crippen LogP contribution in [0.2, 0.25) is 0 Å². The van der Waals surface area contributed by atoms with E-state index >= 15 is 0 Å². The van der Waals surface area contributed by atoms with E-state index in [9.17, 15) is 0 Å². The summed E-state index contributed by atoms with van der Waals surface area (Å²) in [4.78, 5) is 5.46. The van der Waals surface area contributed by atoms with Crippen LogP contribution < -0.4 is 9.47 Å². The van der Waals surface area contributed by atoms with Crippen LogP contribution in [0.4, 0.5) is 0 Å². The summed E-state index contributed by atoms with van der Waals surface area (Å²) in [6.45, 7) is 1.30. The predicted octanol–water partition coefficient (Wildman–Crippen LogP) is 2.77. The Balaban J connectivity index is 1.60. The average molecular weight is 303 g/mol. The van der Waals surface area contributed by atoms with Gasteiger partial charge < -0.3 is 19.0 Å². The minimum absolute atomic E-state index is 0.0660. The molecule has 2 atom stereocenters. The molecule has 0 spiro atoms. The average Bonchev–Trinajstić information content (AvgIpc) is 3.24. The second-order valence-corrected chi connectivity index (χ2v) is 6.15. The summed E-state index contributed by atoms with van der Waals surface area (Å²) < 4.78 is 17.1. The molecule has 1 aliphatic carbocycles. The Kier molecular flexibility index (Phi) is 3.66. The van der Waals surface area contributed by atoms with Crippen molar-refractivity contribution in [2.24, 2.45) is 11.1 Å². The van der Waals surface area contributed by atoms with Gasteiger partial charge in [-0.05, 0) is 43.9 Å². The molecule has 5 heteroatoms. The quantitative estimate of drug-likeness (QED) is 0.858. The van der Waals surface area contributed by atoms with Crippen LogP contribution in [0.15, 0.2) is 23.4 Å². The van der Waals surface area contributed by atoms with Crippen molar-refractivity contribution >= 4 is 5.71 Å². The minimum Gasteiger partial charge on any atom is -0.493 e. The summed E-state index contributed by atoms with van der Waals surface area (Å²) in [7, 11) is 1.67. The molecule has 0 radical (unpaired) electrons. The second-order valence-electron chi connectivity index (χ2n) is 6.15. The number of hydrogen-bond acceptors (Lipinski definition) is 5. The smallest absolute Gasteiger partial charge is 0.162 e. The first kappa shape index (κ1) is 13.9. The van der Waals surface area contributed by atoms with E-state index in [1.165, 1.54) is 12.8 Å². The number of hydrogen-bond donors (Lipinski definition) is 0. The summed E-state index contributed by atoms with van der Waals surface area (Å²) in [5.41, 5.74) is 1.99. The highest BCUT2D eigenvalue weighted by Crippen LogP contribution is 2.35. The fourth-order valence-electron chi connectivity index (χ4n) is 3.47. The summed E-state index contributed by atoms with van der Waals surface area (Å²) in [6, 6.07) is 5.99. The number of methoxy groups -OCH3 is 1. The van der Waals surface area contributed by atoms with Gasteiger partial charge in [0.1, 0.15) is 0 Å². The summed E-state index contributed by atoms with van der Waals surface area (Å²) in [5.74, 6) is 1.80. The first-order valence-corrected chi connectivity index (χ1v) is 8.01. The molecule has 1 aromatic rings. The van der Waals surface area contributed by atoms with Gasteiger partial charge in [-0.2, -0.15) is 0 Å². The van der Waals surface area contributed by atoms with Gasteiger partial charge in [0.25, 0.3) is 0 Å². The Morgan fingerprint density at radius 1 is 1.14 bits per heavy atom. The second kappa shape index (κ2) is 5.80. The molecule has 0 amide bonds. The van der Waals surface area contributed by atoms with Gasteiger partial charge in [0, 0.05) is 5.56 Å². The van der Waals surface area contributed by atoms with Crippen molar-refractivity contribution in [3.8, 4) is 11.5 Å². The van der Waals surface area contributed by atoms with E-state index in [-0.39, 0.29) is 12.0 Å². The van der Waals surface area contributed by atoms with E-state index in [2.05, 4.69) is 5.16 Å². The third-order valence-electron chi connectivity index (χ3n) is 4.72. The third kappa shape index (κ3) is 2.43. The van der Waals surface area contributed by atoms with E-state index < -0.39 is 0 Å². The van der Waals surface area contributed by atoms with Crippen LogP contribution in [-0.4, -0.2) is 38.2 Å². The van der Waals surface area contributed by atoms with Gasteiger partial charge in [-0.15, -0.1) is 0 Å². The number of benzene rings is 1. The standard InChI is InChI=1S/C17H21NO4/c1-19-14-7-6-11(8-15(14)21-12-4-2-3-5-12)17-13-9-20-10-16(13)22-18-17/h6-8,12-13,16H,2-5,9-10H2,1H3. The molecule has 2 fully saturated rings. The van der Waals surface area contributed by atoms with E-state index in [0.717, 1.165) is 35.6 Å². The topological polar surface area (TPSA) is 49.3 Å². The Morgan fingerprint density at radius 3 is 2.82 bits per heavy atom. The molecule has 1 saturated carbocycles. The van der Waals surface area contributed by atoms with Crippen LogP contribution in [-0.2, 0) is 9.57 Å². The number of rotatable bonds is 4. The molecule has 118 valence electrons. The van der Waals surface area contributed by atoms with Gasteiger partial charge in [-0.25, -0.2) is 0 Å². The van der Waals surface area contributed by atoms with Crippen molar-refractivity contribution in [1.29, 1.82) is 0 Å². The zero-order valence-corrected chi connectivity index (χ0v) is 12.8. The summed E-state index contributed by atoms with van der Waals surface area (Å²) >= 11 is 0. The van der Waals surface area contributed by atoms with Crippen LogP contribution in [0.3, 0.4) is 0 Å². The summed E-state index contributed by atoms with van der Waals surface area (Å²) in [6.07, 6.45) is 5.10. The number of fused-ring (bicyclic) bond motifs is 1. The first-order chi connectivity index (χ1) is 10.8. The predicted molar refractivity (Wildman–Crippen MR) is 81.6 cm³/mol. The molecular formula is C17H21NO4. The lowest BCUT2D eigenvalue weighted by Crippen LogP contribution is -2.21. The van der Waals surface area contributed by atoms with Gasteiger partial charge in [0.15, 0.2) is 17.6 Å². The number of ether oxygens (including phenoxy) is 3. The molecule has 5 nitrogen and oxygen atoms in total. The minimum atomic E-state index is 0.0660. The highest BCUT2D eigenvalue weighted by molar-refractivity contribution is 6.03. The fraction of sp³-hybridized carbons (Fsp3) is 0.588. The molecule has 3 aliphatic rings. The van der Waals surface area contributed by atoms with Gasteiger partial charge in [0.05, 0.1) is 38.1 Å². The molecule has 0 N–H and O–H groups in total. The third-order valence-corrected chi connectivity index (χ3v) is 4.72. The maximum Gasteiger partial charge on any atom is 0.162 e. The Morgan fingerprint density at radius 2 is 2.00 bits per heavy atom. The maximum atomic E-state index is 6.16. The van der Waals surface area contributed by atoms with Crippen molar-refractivity contribution in [2.75, 3.05) is 20.3 Å². The Bertz CT molecular complexity index is 580. The van der Waals surface area contributed by atoms with Crippen LogP contribution in [0.1, 0.15) is 31.2 Å². The van der Waals surface area contributed by atoms with Gasteiger partial charge in [0.2, 0.25) is 0 Å². The SMILES string of the molecule is COc1ccc(C2=NOC3COCC23)cc1OC1CCCC1. The molecule has 1 saturated heterocycles. The maximum absolute atomic E-state index is 6.16. The lowest BCUT2D eigenvalue weighted by atomic mass is 9.95. The van der Waals surface area contributed by atoms with Crippen molar-refractivity contribution in [3.63, 3.8) is 0 Å².